The number of benzene rings is 1. The number of carbonyl (C=O) groups is 2. The Labute approximate surface area is 147 Å². The summed E-state index contributed by atoms with van der Waals surface area (Å²) in [4.78, 5) is 28.5. The number of anilines is 2. The van der Waals surface area contributed by atoms with Crippen LogP contribution in [0, 0.1) is 0 Å². The number of hydrogen-bond donors (Lipinski definition) is 2. The summed E-state index contributed by atoms with van der Waals surface area (Å²) in [6.45, 7) is 5.01. The van der Waals surface area contributed by atoms with E-state index in [1.165, 1.54) is 0 Å². The molecule has 0 radical (unpaired) electrons. The van der Waals surface area contributed by atoms with Crippen LogP contribution in [0.1, 0.15) is 47.5 Å². The zero-order valence-corrected chi connectivity index (χ0v) is 14.5. The van der Waals surface area contributed by atoms with Crippen LogP contribution in [0.15, 0.2) is 42.6 Å². The van der Waals surface area contributed by atoms with Gasteiger partial charge in [-0.1, -0.05) is 25.5 Å². The van der Waals surface area contributed by atoms with E-state index in [1.54, 1.807) is 43.5 Å². The third-order valence-corrected chi connectivity index (χ3v) is 3.53. The Morgan fingerprint density at radius 1 is 1.12 bits per heavy atom. The van der Waals surface area contributed by atoms with E-state index in [1.807, 2.05) is 6.07 Å². The van der Waals surface area contributed by atoms with Crippen molar-refractivity contribution in [1.29, 1.82) is 0 Å². The van der Waals surface area contributed by atoms with Crippen molar-refractivity contribution < 1.29 is 14.3 Å². The summed E-state index contributed by atoms with van der Waals surface area (Å²) in [6, 6.07) is 10.2. The smallest absolute Gasteiger partial charge is 0.340 e. The second-order valence-electron chi connectivity index (χ2n) is 5.43. The van der Waals surface area contributed by atoms with Gasteiger partial charge in [0, 0.05) is 6.54 Å². The van der Waals surface area contributed by atoms with Gasteiger partial charge in [0.05, 0.1) is 29.7 Å². The highest BCUT2D eigenvalue weighted by Gasteiger charge is 2.15. The number of pyridine rings is 1. The zero-order chi connectivity index (χ0) is 18.1. The van der Waals surface area contributed by atoms with Gasteiger partial charge in [-0.15, -0.1) is 0 Å². The maximum absolute atomic E-state index is 12.4. The second-order valence-corrected chi connectivity index (χ2v) is 5.43. The zero-order valence-electron chi connectivity index (χ0n) is 14.5. The fraction of sp³-hybridized carbons (Fsp3) is 0.316. The predicted octanol–water partition coefficient (Wildman–Crippen LogP) is 3.72. The van der Waals surface area contributed by atoms with Crippen LogP contribution in [0.4, 0.5) is 11.4 Å². The highest BCUT2D eigenvalue weighted by Crippen LogP contribution is 2.17. The van der Waals surface area contributed by atoms with Crippen LogP contribution in [0.2, 0.25) is 0 Å². The first-order valence-electron chi connectivity index (χ1n) is 8.43. The number of rotatable bonds is 8. The monoisotopic (exact) mass is 341 g/mol. The van der Waals surface area contributed by atoms with Gasteiger partial charge >= 0.3 is 5.97 Å². The number of ether oxygens (including phenoxy) is 1. The van der Waals surface area contributed by atoms with Crippen molar-refractivity contribution in [1.82, 2.24) is 4.98 Å². The van der Waals surface area contributed by atoms with Crippen LogP contribution in [0.5, 0.6) is 0 Å². The number of carbonyl (C=O) groups excluding carboxylic acids is 2. The number of amides is 1. The number of hydrogen-bond acceptors (Lipinski definition) is 5. The molecule has 2 aromatic rings. The molecule has 1 amide bonds. The Morgan fingerprint density at radius 3 is 2.60 bits per heavy atom. The third kappa shape index (κ3) is 5.31. The first-order valence-corrected chi connectivity index (χ1v) is 8.43. The van der Waals surface area contributed by atoms with Crippen molar-refractivity contribution in [2.45, 2.75) is 26.7 Å². The summed E-state index contributed by atoms with van der Waals surface area (Å²) >= 11 is 0. The maximum Gasteiger partial charge on any atom is 0.340 e. The molecule has 1 heterocycles. The summed E-state index contributed by atoms with van der Waals surface area (Å²) in [6.07, 6.45) is 3.81. The molecule has 0 spiro atoms. The van der Waals surface area contributed by atoms with Gasteiger partial charge in [0.15, 0.2) is 0 Å². The Balaban J connectivity index is 2.06. The Bertz CT molecular complexity index is 714. The van der Waals surface area contributed by atoms with E-state index >= 15 is 0 Å². The van der Waals surface area contributed by atoms with Crippen LogP contribution in [0.3, 0.4) is 0 Å². The van der Waals surface area contributed by atoms with Crippen LogP contribution in [-0.4, -0.2) is 30.0 Å². The fourth-order valence-electron chi connectivity index (χ4n) is 2.21. The summed E-state index contributed by atoms with van der Waals surface area (Å²) in [5.41, 5.74) is 1.87. The van der Waals surface area contributed by atoms with Crippen molar-refractivity contribution in [3.63, 3.8) is 0 Å². The minimum Gasteiger partial charge on any atom is -0.462 e. The quantitative estimate of drug-likeness (QED) is 0.565. The van der Waals surface area contributed by atoms with Gasteiger partial charge in [0.25, 0.3) is 5.91 Å². The molecule has 6 nitrogen and oxygen atoms in total. The average Bonchev–Trinajstić information content (AvgIpc) is 2.63. The molecule has 2 N–H and O–H groups in total. The average molecular weight is 341 g/mol. The molecular formula is C19H23N3O3. The largest absolute Gasteiger partial charge is 0.462 e. The van der Waals surface area contributed by atoms with E-state index in [-0.39, 0.29) is 18.2 Å². The lowest BCUT2D eigenvalue weighted by Crippen LogP contribution is -2.17. The van der Waals surface area contributed by atoms with Crippen LogP contribution in [-0.2, 0) is 4.74 Å². The summed E-state index contributed by atoms with van der Waals surface area (Å²) in [5, 5.41) is 5.96. The number of nitrogens with one attached hydrogen (secondary N) is 2. The molecule has 1 aromatic heterocycles. The molecule has 0 saturated heterocycles. The first-order chi connectivity index (χ1) is 12.2. The lowest BCUT2D eigenvalue weighted by molar-refractivity contribution is 0.0527. The molecule has 0 fully saturated rings. The first kappa shape index (κ1) is 18.4. The van der Waals surface area contributed by atoms with E-state index in [9.17, 15) is 9.59 Å². The molecule has 0 atom stereocenters. The molecule has 2 rings (SSSR count). The summed E-state index contributed by atoms with van der Waals surface area (Å²) in [7, 11) is 0. The molecular weight excluding hydrogens is 318 g/mol. The number of esters is 1. The Hall–Kier alpha value is -2.89. The second kappa shape index (κ2) is 9.42. The number of nitrogens with zero attached hydrogens (tertiary/aromatic N) is 1. The minimum absolute atomic E-state index is 0.273. The highest BCUT2D eigenvalue weighted by molar-refractivity contribution is 6.07. The number of para-hydroxylation sites is 1. The molecule has 0 unspecified atom stereocenters. The van der Waals surface area contributed by atoms with Gasteiger partial charge in [-0.2, -0.15) is 0 Å². The van der Waals surface area contributed by atoms with Gasteiger partial charge in [0.1, 0.15) is 5.69 Å². The van der Waals surface area contributed by atoms with Crippen molar-refractivity contribution in [3.8, 4) is 0 Å². The van der Waals surface area contributed by atoms with E-state index in [4.69, 9.17) is 4.74 Å². The van der Waals surface area contributed by atoms with Crippen LogP contribution >= 0.6 is 0 Å². The molecule has 0 saturated carbocycles. The lowest BCUT2D eigenvalue weighted by atomic mass is 10.1. The molecule has 1 aromatic carbocycles. The standard InChI is InChI=1S/C19H23N3O3/c1-3-5-12-20-14-10-11-17(21-13-14)18(23)22-16-9-7-6-8-15(16)19(24)25-4-2/h6-11,13,20H,3-5,12H2,1-2H3,(H,22,23). The van der Waals surface area contributed by atoms with Crippen molar-refractivity contribution >= 4 is 23.3 Å². The molecule has 0 aliphatic carbocycles. The summed E-state index contributed by atoms with van der Waals surface area (Å²) in [5.74, 6) is -0.848. The topological polar surface area (TPSA) is 80.3 Å². The van der Waals surface area contributed by atoms with E-state index in [0.717, 1.165) is 25.1 Å². The highest BCUT2D eigenvalue weighted by atomic mass is 16.5. The van der Waals surface area contributed by atoms with Gasteiger partial charge in [-0.25, -0.2) is 9.78 Å². The predicted molar refractivity (Wildman–Crippen MR) is 98.0 cm³/mol. The molecule has 0 aliphatic heterocycles. The van der Waals surface area contributed by atoms with E-state index in [2.05, 4.69) is 22.5 Å². The minimum atomic E-state index is -0.471. The maximum atomic E-state index is 12.4. The molecule has 25 heavy (non-hydrogen) atoms. The Kier molecular flexibility index (Phi) is 6.95. The third-order valence-electron chi connectivity index (χ3n) is 3.53. The fourth-order valence-corrected chi connectivity index (χ4v) is 2.21. The number of unbranched alkanes of at least 4 members (excludes halogenated alkanes) is 1. The van der Waals surface area contributed by atoms with Gasteiger partial charge in [-0.3, -0.25) is 4.79 Å². The molecule has 132 valence electrons. The van der Waals surface area contributed by atoms with Gasteiger partial charge in [0.2, 0.25) is 0 Å². The number of aromatic nitrogens is 1. The molecule has 0 bridgehead atoms. The van der Waals surface area contributed by atoms with E-state index < -0.39 is 5.97 Å². The van der Waals surface area contributed by atoms with Crippen LogP contribution < -0.4 is 10.6 Å². The van der Waals surface area contributed by atoms with Gasteiger partial charge in [-0.05, 0) is 37.6 Å². The van der Waals surface area contributed by atoms with E-state index in [0.29, 0.717) is 11.3 Å². The van der Waals surface area contributed by atoms with Crippen LogP contribution in [0.25, 0.3) is 0 Å². The molecule has 6 heteroatoms. The summed E-state index contributed by atoms with van der Waals surface area (Å²) < 4.78 is 5.00. The van der Waals surface area contributed by atoms with Crippen molar-refractivity contribution in [2.24, 2.45) is 0 Å². The van der Waals surface area contributed by atoms with Crippen molar-refractivity contribution in [3.05, 3.63) is 53.9 Å². The Morgan fingerprint density at radius 2 is 1.92 bits per heavy atom. The van der Waals surface area contributed by atoms with Gasteiger partial charge < -0.3 is 15.4 Å². The normalized spacial score (nSPS) is 10.2. The lowest BCUT2D eigenvalue weighted by Gasteiger charge is -2.10. The van der Waals surface area contributed by atoms with Crippen molar-refractivity contribution in [2.75, 3.05) is 23.8 Å². The molecule has 0 aliphatic rings. The SMILES string of the molecule is CCCCNc1ccc(C(=O)Nc2ccccc2C(=O)OCC)nc1.